The SMILES string of the molecule is Cc1ccc(C=CC(=O)NNC(=O)c2ccc(NC(=O)c3ccccc3C)cc2)cc1. The van der Waals surface area contributed by atoms with Crippen LogP contribution in [0.2, 0.25) is 0 Å². The number of benzene rings is 3. The molecule has 0 aliphatic rings. The molecule has 0 atom stereocenters. The van der Waals surface area contributed by atoms with Crippen LogP contribution in [0.1, 0.15) is 37.4 Å². The Hall–Kier alpha value is -4.19. The van der Waals surface area contributed by atoms with Gasteiger partial charge in [0.15, 0.2) is 0 Å². The Morgan fingerprint density at radius 1 is 0.742 bits per heavy atom. The van der Waals surface area contributed by atoms with Crippen LogP contribution in [-0.4, -0.2) is 17.7 Å². The van der Waals surface area contributed by atoms with Gasteiger partial charge in [0, 0.05) is 22.9 Å². The van der Waals surface area contributed by atoms with Gasteiger partial charge >= 0.3 is 0 Å². The average molecular weight is 413 g/mol. The molecule has 0 aliphatic carbocycles. The zero-order chi connectivity index (χ0) is 22.2. The Morgan fingerprint density at radius 2 is 1.42 bits per heavy atom. The first-order chi connectivity index (χ1) is 14.9. The minimum atomic E-state index is -0.464. The van der Waals surface area contributed by atoms with Gasteiger partial charge in [-0.1, -0.05) is 48.0 Å². The molecule has 156 valence electrons. The Balaban J connectivity index is 1.51. The summed E-state index contributed by atoms with van der Waals surface area (Å²) in [6.45, 7) is 3.85. The van der Waals surface area contributed by atoms with Gasteiger partial charge in [0.1, 0.15) is 0 Å². The van der Waals surface area contributed by atoms with E-state index in [0.29, 0.717) is 16.8 Å². The number of aryl methyl sites for hydroxylation is 2. The third kappa shape index (κ3) is 6.14. The summed E-state index contributed by atoms with van der Waals surface area (Å²) >= 11 is 0. The first-order valence-electron chi connectivity index (χ1n) is 9.74. The molecule has 0 bridgehead atoms. The van der Waals surface area contributed by atoms with Crippen LogP contribution in [-0.2, 0) is 4.79 Å². The van der Waals surface area contributed by atoms with Gasteiger partial charge < -0.3 is 5.32 Å². The summed E-state index contributed by atoms with van der Waals surface area (Å²) in [6, 6.07) is 21.4. The highest BCUT2D eigenvalue weighted by atomic mass is 16.2. The van der Waals surface area contributed by atoms with Crippen LogP contribution < -0.4 is 16.2 Å². The summed E-state index contributed by atoms with van der Waals surface area (Å²) in [5, 5.41) is 2.80. The minimum Gasteiger partial charge on any atom is -0.322 e. The van der Waals surface area contributed by atoms with Gasteiger partial charge in [-0.05, 0) is 61.4 Å². The quantitative estimate of drug-likeness (QED) is 0.436. The van der Waals surface area contributed by atoms with Gasteiger partial charge in [0.2, 0.25) is 0 Å². The van der Waals surface area contributed by atoms with E-state index in [-0.39, 0.29) is 5.91 Å². The van der Waals surface area contributed by atoms with Crippen molar-refractivity contribution in [3.8, 4) is 0 Å². The van der Waals surface area contributed by atoms with Crippen LogP contribution in [0.3, 0.4) is 0 Å². The van der Waals surface area contributed by atoms with E-state index in [9.17, 15) is 14.4 Å². The Labute approximate surface area is 181 Å². The van der Waals surface area contributed by atoms with E-state index in [2.05, 4.69) is 16.2 Å². The van der Waals surface area contributed by atoms with Crippen molar-refractivity contribution in [3.05, 3.63) is 107 Å². The molecule has 3 N–H and O–H groups in total. The third-order valence-corrected chi connectivity index (χ3v) is 4.60. The minimum absolute atomic E-state index is 0.220. The number of amides is 3. The predicted molar refractivity (Wildman–Crippen MR) is 121 cm³/mol. The lowest BCUT2D eigenvalue weighted by molar-refractivity contribution is -0.117. The highest BCUT2D eigenvalue weighted by Gasteiger charge is 2.10. The largest absolute Gasteiger partial charge is 0.322 e. The molecule has 0 saturated carbocycles. The second-order valence-corrected chi connectivity index (χ2v) is 7.03. The van der Waals surface area contributed by atoms with Crippen LogP contribution >= 0.6 is 0 Å². The van der Waals surface area contributed by atoms with Crippen molar-refractivity contribution >= 4 is 29.5 Å². The maximum atomic E-state index is 12.4. The Bertz CT molecular complexity index is 1120. The Kier molecular flexibility index (Phi) is 6.96. The first kappa shape index (κ1) is 21.5. The lowest BCUT2D eigenvalue weighted by Gasteiger charge is -2.09. The van der Waals surface area contributed by atoms with E-state index in [1.165, 1.54) is 6.08 Å². The second-order valence-electron chi connectivity index (χ2n) is 7.03. The van der Waals surface area contributed by atoms with Gasteiger partial charge in [-0.3, -0.25) is 25.2 Å². The number of hydrogen-bond donors (Lipinski definition) is 3. The summed E-state index contributed by atoms with van der Waals surface area (Å²) < 4.78 is 0. The molecule has 3 amide bonds. The molecule has 0 radical (unpaired) electrons. The molecule has 0 heterocycles. The number of hydrogen-bond acceptors (Lipinski definition) is 3. The van der Waals surface area contributed by atoms with E-state index >= 15 is 0 Å². The van der Waals surface area contributed by atoms with Crippen LogP contribution in [0.15, 0.2) is 78.9 Å². The molecule has 3 rings (SSSR count). The number of hydrazine groups is 1. The van der Waals surface area contributed by atoms with E-state index in [0.717, 1.165) is 16.7 Å². The molecule has 0 saturated heterocycles. The number of nitrogens with one attached hydrogen (secondary N) is 3. The number of carbonyl (C=O) groups is 3. The molecule has 6 heteroatoms. The van der Waals surface area contributed by atoms with Crippen LogP contribution in [0.5, 0.6) is 0 Å². The van der Waals surface area contributed by atoms with Gasteiger partial charge in [-0.2, -0.15) is 0 Å². The van der Waals surface area contributed by atoms with Crippen molar-refractivity contribution in [1.82, 2.24) is 10.9 Å². The maximum absolute atomic E-state index is 12.4. The molecule has 0 spiro atoms. The zero-order valence-corrected chi connectivity index (χ0v) is 17.3. The van der Waals surface area contributed by atoms with Crippen molar-refractivity contribution in [3.63, 3.8) is 0 Å². The van der Waals surface area contributed by atoms with Crippen LogP contribution in [0.4, 0.5) is 5.69 Å². The second kappa shape index (κ2) is 10.0. The van der Waals surface area contributed by atoms with Gasteiger partial charge in [-0.25, -0.2) is 0 Å². The van der Waals surface area contributed by atoms with Gasteiger partial charge in [0.05, 0.1) is 0 Å². The predicted octanol–water partition coefficient (Wildman–Crippen LogP) is 4.03. The topological polar surface area (TPSA) is 87.3 Å². The van der Waals surface area contributed by atoms with Crippen LogP contribution in [0.25, 0.3) is 6.08 Å². The van der Waals surface area contributed by atoms with Crippen molar-refractivity contribution in [1.29, 1.82) is 0 Å². The molecule has 0 fully saturated rings. The van der Waals surface area contributed by atoms with E-state index in [1.807, 2.05) is 50.2 Å². The lowest BCUT2D eigenvalue weighted by Crippen LogP contribution is -2.40. The highest BCUT2D eigenvalue weighted by molar-refractivity contribution is 6.05. The molecular weight excluding hydrogens is 390 g/mol. The average Bonchev–Trinajstić information content (AvgIpc) is 2.78. The summed E-state index contributed by atoms with van der Waals surface area (Å²) in [5.41, 5.74) is 9.10. The molecule has 0 unspecified atom stereocenters. The summed E-state index contributed by atoms with van der Waals surface area (Å²) in [6.07, 6.45) is 3.00. The van der Waals surface area contributed by atoms with Crippen LogP contribution in [0, 0.1) is 13.8 Å². The summed E-state index contributed by atoms with van der Waals surface area (Å²) in [7, 11) is 0. The third-order valence-electron chi connectivity index (χ3n) is 4.60. The molecule has 0 aliphatic heterocycles. The molecule has 3 aromatic carbocycles. The van der Waals surface area contributed by atoms with Crippen molar-refractivity contribution in [2.75, 3.05) is 5.32 Å². The summed E-state index contributed by atoms with van der Waals surface area (Å²) in [4.78, 5) is 36.5. The molecule has 3 aromatic rings. The Morgan fingerprint density at radius 3 is 2.10 bits per heavy atom. The fourth-order valence-corrected chi connectivity index (χ4v) is 2.81. The first-order valence-corrected chi connectivity index (χ1v) is 9.74. The maximum Gasteiger partial charge on any atom is 0.269 e. The highest BCUT2D eigenvalue weighted by Crippen LogP contribution is 2.13. The molecule has 6 nitrogen and oxygen atoms in total. The standard InChI is InChI=1S/C25H23N3O3/c1-17-7-9-19(10-8-17)11-16-23(29)27-28-24(30)20-12-14-21(15-13-20)26-25(31)22-6-4-3-5-18(22)2/h3-16H,1-2H3,(H,26,31)(H,27,29)(H,28,30). The normalized spacial score (nSPS) is 10.5. The molecular formula is C25H23N3O3. The van der Waals surface area contributed by atoms with Crippen molar-refractivity contribution in [2.24, 2.45) is 0 Å². The number of carbonyl (C=O) groups excluding carboxylic acids is 3. The van der Waals surface area contributed by atoms with Crippen molar-refractivity contribution < 1.29 is 14.4 Å². The van der Waals surface area contributed by atoms with Gasteiger partial charge in [-0.15, -0.1) is 0 Å². The zero-order valence-electron chi connectivity index (χ0n) is 17.3. The number of anilines is 1. The van der Waals surface area contributed by atoms with E-state index in [1.54, 1.807) is 42.5 Å². The molecule has 0 aromatic heterocycles. The summed E-state index contributed by atoms with van der Waals surface area (Å²) in [5.74, 6) is -1.13. The van der Waals surface area contributed by atoms with Gasteiger partial charge in [0.25, 0.3) is 17.7 Å². The van der Waals surface area contributed by atoms with E-state index in [4.69, 9.17) is 0 Å². The smallest absolute Gasteiger partial charge is 0.269 e. The number of rotatable bonds is 5. The fraction of sp³-hybridized carbons (Fsp3) is 0.0800. The molecule has 31 heavy (non-hydrogen) atoms. The fourth-order valence-electron chi connectivity index (χ4n) is 2.81. The monoisotopic (exact) mass is 413 g/mol. The lowest BCUT2D eigenvalue weighted by atomic mass is 10.1. The van der Waals surface area contributed by atoms with E-state index < -0.39 is 11.8 Å². The van der Waals surface area contributed by atoms with Crippen molar-refractivity contribution in [2.45, 2.75) is 13.8 Å².